The lowest BCUT2D eigenvalue weighted by Gasteiger charge is -2.08. The standard InChI is InChI=1S/C21H17NO3/c23-20(14-17-6-3-5-16-4-1-2-7-19(16)17)22-18-11-8-15(9-12-18)10-13-21(24)25/h1-13H,14H2,(H,22,23)(H,24,25). The Labute approximate surface area is 145 Å². The van der Waals surface area contributed by atoms with Crippen molar-refractivity contribution in [3.63, 3.8) is 0 Å². The smallest absolute Gasteiger partial charge is 0.328 e. The molecule has 4 nitrogen and oxygen atoms in total. The number of carboxylic acids is 1. The van der Waals surface area contributed by atoms with Crippen molar-refractivity contribution < 1.29 is 14.7 Å². The van der Waals surface area contributed by atoms with Crippen molar-refractivity contribution in [3.05, 3.63) is 83.9 Å². The molecule has 3 rings (SSSR count). The van der Waals surface area contributed by atoms with Gasteiger partial charge in [-0.25, -0.2) is 4.79 Å². The first kappa shape index (κ1) is 16.5. The largest absolute Gasteiger partial charge is 0.478 e. The van der Waals surface area contributed by atoms with E-state index in [2.05, 4.69) is 5.32 Å². The zero-order valence-electron chi connectivity index (χ0n) is 13.5. The third-order valence-electron chi connectivity index (χ3n) is 3.84. The molecule has 0 unspecified atom stereocenters. The minimum atomic E-state index is -0.993. The first-order valence-electron chi connectivity index (χ1n) is 7.89. The molecule has 0 radical (unpaired) electrons. The number of aliphatic carboxylic acids is 1. The number of carbonyl (C=O) groups is 2. The second-order valence-corrected chi connectivity index (χ2v) is 5.66. The van der Waals surface area contributed by atoms with Crippen LogP contribution in [0.4, 0.5) is 5.69 Å². The molecule has 2 N–H and O–H groups in total. The molecule has 0 saturated carbocycles. The Morgan fingerprint density at radius 1 is 0.920 bits per heavy atom. The van der Waals surface area contributed by atoms with Gasteiger partial charge >= 0.3 is 5.97 Å². The van der Waals surface area contributed by atoms with E-state index in [-0.39, 0.29) is 5.91 Å². The van der Waals surface area contributed by atoms with Crippen molar-refractivity contribution in [2.75, 3.05) is 5.32 Å². The molecule has 124 valence electrons. The van der Waals surface area contributed by atoms with Crippen LogP contribution >= 0.6 is 0 Å². The number of hydrogen-bond donors (Lipinski definition) is 2. The SMILES string of the molecule is O=C(O)C=Cc1ccc(NC(=O)Cc2cccc3ccccc23)cc1. The van der Waals surface area contributed by atoms with Crippen molar-refractivity contribution in [1.82, 2.24) is 0 Å². The van der Waals surface area contributed by atoms with E-state index in [1.807, 2.05) is 42.5 Å². The molecular weight excluding hydrogens is 314 g/mol. The van der Waals surface area contributed by atoms with E-state index in [1.54, 1.807) is 24.3 Å². The van der Waals surface area contributed by atoms with E-state index in [0.29, 0.717) is 12.1 Å². The summed E-state index contributed by atoms with van der Waals surface area (Å²) in [6.07, 6.45) is 2.88. The van der Waals surface area contributed by atoms with Crippen LogP contribution in [0.1, 0.15) is 11.1 Å². The molecule has 1 amide bonds. The van der Waals surface area contributed by atoms with Gasteiger partial charge in [0, 0.05) is 11.8 Å². The zero-order valence-corrected chi connectivity index (χ0v) is 13.5. The van der Waals surface area contributed by atoms with Crippen molar-refractivity contribution >= 4 is 34.4 Å². The van der Waals surface area contributed by atoms with Gasteiger partial charge in [0.05, 0.1) is 6.42 Å². The first-order valence-corrected chi connectivity index (χ1v) is 7.89. The highest BCUT2D eigenvalue weighted by atomic mass is 16.4. The summed E-state index contributed by atoms with van der Waals surface area (Å²) in [5, 5.41) is 13.7. The summed E-state index contributed by atoms with van der Waals surface area (Å²) >= 11 is 0. The molecule has 3 aromatic rings. The predicted molar refractivity (Wildman–Crippen MR) is 99.4 cm³/mol. The Morgan fingerprint density at radius 3 is 2.40 bits per heavy atom. The molecule has 4 heteroatoms. The third-order valence-corrected chi connectivity index (χ3v) is 3.84. The second kappa shape index (κ2) is 7.45. The Bertz CT molecular complexity index is 938. The third kappa shape index (κ3) is 4.32. The highest BCUT2D eigenvalue weighted by Gasteiger charge is 2.07. The van der Waals surface area contributed by atoms with Gasteiger partial charge in [0.15, 0.2) is 0 Å². The summed E-state index contributed by atoms with van der Waals surface area (Å²) in [7, 11) is 0. The van der Waals surface area contributed by atoms with Crippen molar-refractivity contribution in [2.24, 2.45) is 0 Å². The van der Waals surface area contributed by atoms with Gasteiger partial charge in [-0.2, -0.15) is 0 Å². The number of fused-ring (bicyclic) bond motifs is 1. The van der Waals surface area contributed by atoms with Gasteiger partial charge in [-0.05, 0) is 40.1 Å². The zero-order chi connectivity index (χ0) is 17.6. The number of hydrogen-bond acceptors (Lipinski definition) is 2. The molecule has 0 aliphatic carbocycles. The van der Waals surface area contributed by atoms with Crippen LogP contribution in [0.5, 0.6) is 0 Å². The van der Waals surface area contributed by atoms with Gasteiger partial charge in [-0.15, -0.1) is 0 Å². The number of nitrogens with one attached hydrogen (secondary N) is 1. The van der Waals surface area contributed by atoms with Crippen LogP contribution in [0, 0.1) is 0 Å². The number of rotatable bonds is 5. The fourth-order valence-corrected chi connectivity index (χ4v) is 2.67. The van der Waals surface area contributed by atoms with Crippen LogP contribution in [0.15, 0.2) is 72.8 Å². The summed E-state index contributed by atoms with van der Waals surface area (Å²) in [5.41, 5.74) is 2.42. The minimum absolute atomic E-state index is 0.0924. The lowest BCUT2D eigenvalue weighted by atomic mass is 10.0. The maximum absolute atomic E-state index is 12.3. The molecule has 3 aromatic carbocycles. The summed E-state index contributed by atoms with van der Waals surface area (Å²) in [6.45, 7) is 0. The molecule has 0 fully saturated rings. The summed E-state index contributed by atoms with van der Waals surface area (Å²) in [6, 6.07) is 20.9. The fourth-order valence-electron chi connectivity index (χ4n) is 2.67. The van der Waals surface area contributed by atoms with Crippen LogP contribution in [0.25, 0.3) is 16.8 Å². The quantitative estimate of drug-likeness (QED) is 0.691. The highest BCUT2D eigenvalue weighted by Crippen LogP contribution is 2.19. The van der Waals surface area contributed by atoms with Gasteiger partial charge < -0.3 is 10.4 Å². The van der Waals surface area contributed by atoms with Gasteiger partial charge in [-0.3, -0.25) is 4.79 Å². The Kier molecular flexibility index (Phi) is 4.90. The maximum Gasteiger partial charge on any atom is 0.328 e. The van der Waals surface area contributed by atoms with Gasteiger partial charge in [-0.1, -0.05) is 54.6 Å². The molecule has 0 aliphatic heterocycles. The molecule has 0 bridgehead atoms. The van der Waals surface area contributed by atoms with Crippen LogP contribution in [-0.2, 0) is 16.0 Å². The van der Waals surface area contributed by atoms with E-state index >= 15 is 0 Å². The number of carbonyl (C=O) groups excluding carboxylic acids is 1. The Balaban J connectivity index is 1.69. The fraction of sp³-hybridized carbons (Fsp3) is 0.0476. The summed E-state index contributed by atoms with van der Waals surface area (Å²) in [5.74, 6) is -1.09. The molecule has 25 heavy (non-hydrogen) atoms. The van der Waals surface area contributed by atoms with Crippen molar-refractivity contribution in [2.45, 2.75) is 6.42 Å². The van der Waals surface area contributed by atoms with E-state index in [4.69, 9.17) is 5.11 Å². The van der Waals surface area contributed by atoms with Crippen LogP contribution in [0.3, 0.4) is 0 Å². The Morgan fingerprint density at radius 2 is 1.64 bits per heavy atom. The summed E-state index contributed by atoms with van der Waals surface area (Å²) < 4.78 is 0. The lowest BCUT2D eigenvalue weighted by Crippen LogP contribution is -2.14. The van der Waals surface area contributed by atoms with Gasteiger partial charge in [0.1, 0.15) is 0 Å². The molecule has 0 aromatic heterocycles. The molecule has 0 saturated heterocycles. The maximum atomic E-state index is 12.3. The topological polar surface area (TPSA) is 66.4 Å². The monoisotopic (exact) mass is 331 g/mol. The van der Waals surface area contributed by atoms with Crippen molar-refractivity contribution in [1.29, 1.82) is 0 Å². The highest BCUT2D eigenvalue weighted by molar-refractivity contribution is 5.96. The molecule has 0 heterocycles. The van der Waals surface area contributed by atoms with Gasteiger partial charge in [0.2, 0.25) is 5.91 Å². The number of amides is 1. The van der Waals surface area contributed by atoms with E-state index < -0.39 is 5.97 Å². The molecular formula is C21H17NO3. The van der Waals surface area contributed by atoms with Gasteiger partial charge in [0.25, 0.3) is 0 Å². The van der Waals surface area contributed by atoms with Crippen LogP contribution < -0.4 is 5.32 Å². The number of anilines is 1. The first-order chi connectivity index (χ1) is 12.1. The Hall–Kier alpha value is -3.40. The van der Waals surface area contributed by atoms with Crippen LogP contribution in [0.2, 0.25) is 0 Å². The molecule has 0 atom stereocenters. The predicted octanol–water partition coefficient (Wildman–Crippen LogP) is 4.12. The van der Waals surface area contributed by atoms with Crippen LogP contribution in [-0.4, -0.2) is 17.0 Å². The summed E-state index contributed by atoms with van der Waals surface area (Å²) in [4.78, 5) is 22.8. The van der Waals surface area contributed by atoms with E-state index in [9.17, 15) is 9.59 Å². The average Bonchev–Trinajstić information content (AvgIpc) is 2.61. The molecule has 0 aliphatic rings. The molecule has 0 spiro atoms. The average molecular weight is 331 g/mol. The lowest BCUT2D eigenvalue weighted by molar-refractivity contribution is -0.131. The number of carboxylic acid groups (broad SMARTS) is 1. The van der Waals surface area contributed by atoms with E-state index in [0.717, 1.165) is 28.0 Å². The number of benzene rings is 3. The normalized spacial score (nSPS) is 10.9. The van der Waals surface area contributed by atoms with Crippen molar-refractivity contribution in [3.8, 4) is 0 Å². The van der Waals surface area contributed by atoms with E-state index in [1.165, 1.54) is 6.08 Å². The minimum Gasteiger partial charge on any atom is -0.478 e. The second-order valence-electron chi connectivity index (χ2n) is 5.66.